The van der Waals surface area contributed by atoms with Gasteiger partial charge in [0.05, 0.1) is 38.8 Å². The highest BCUT2D eigenvalue weighted by molar-refractivity contribution is 7.25. The third-order valence-corrected chi connectivity index (χ3v) is 21.1. The Bertz CT molecular complexity index is 4500. The maximum Gasteiger partial charge on any atom is 0.180 e. The molecule has 332 valence electrons. The molecule has 5 heteroatoms. The van der Waals surface area contributed by atoms with Gasteiger partial charge in [-0.25, -0.2) is 0 Å². The Labute approximate surface area is 415 Å². The molecule has 15 rings (SSSR count). The molecule has 0 unspecified atom stereocenters. The summed E-state index contributed by atoms with van der Waals surface area (Å²) in [5.74, 6) is 0. The average molecular weight is 938 g/mol. The minimum Gasteiger partial charge on any atom is -0.309 e. The molecule has 0 aliphatic carbocycles. The standard InChI is InChI=1S/C66H43N3SSi/c1-3-21-46(22-4-1)71(47-23-5-2-6-24-47,48-25-17-20-44(42-48)67-55-31-12-7-26-49(55)50-27-8-13-32-56(50)67)64-39-19-37-61-66(64)53-30-10-15-34-58(53)69(61)60-36-18-35-59-65(60)52-29-9-14-33-57(52)68(59)45-40-41-63-54(43-45)51-28-11-16-38-62(51)70-63/h1-43H. The molecule has 0 saturated heterocycles. The van der Waals surface area contributed by atoms with E-state index in [4.69, 9.17) is 0 Å². The van der Waals surface area contributed by atoms with Crippen molar-refractivity contribution >= 4 is 126 Å². The minimum atomic E-state index is -3.15. The van der Waals surface area contributed by atoms with E-state index >= 15 is 0 Å². The van der Waals surface area contributed by atoms with E-state index in [2.05, 4.69) is 275 Å². The zero-order valence-electron chi connectivity index (χ0n) is 38.6. The lowest BCUT2D eigenvalue weighted by atomic mass is 10.1. The maximum absolute atomic E-state index is 3.15. The van der Waals surface area contributed by atoms with E-state index in [0.29, 0.717) is 0 Å². The summed E-state index contributed by atoms with van der Waals surface area (Å²) < 4.78 is 10.1. The van der Waals surface area contributed by atoms with Gasteiger partial charge in [0.15, 0.2) is 8.07 Å². The van der Waals surface area contributed by atoms with Crippen LogP contribution in [0.4, 0.5) is 0 Å². The Balaban J connectivity index is 1.03. The molecule has 0 atom stereocenters. The molecule has 0 saturated carbocycles. The van der Waals surface area contributed by atoms with Gasteiger partial charge < -0.3 is 13.7 Å². The van der Waals surface area contributed by atoms with Gasteiger partial charge in [-0.15, -0.1) is 11.3 Å². The highest BCUT2D eigenvalue weighted by Gasteiger charge is 2.43. The van der Waals surface area contributed by atoms with Crippen molar-refractivity contribution in [2.75, 3.05) is 0 Å². The maximum atomic E-state index is 2.56. The van der Waals surface area contributed by atoms with E-state index in [0.717, 1.165) is 5.69 Å². The molecule has 11 aromatic carbocycles. The second kappa shape index (κ2) is 15.6. The molecule has 4 heterocycles. The van der Waals surface area contributed by atoms with Crippen LogP contribution in [0.1, 0.15) is 0 Å². The summed E-state index contributed by atoms with van der Waals surface area (Å²) in [6.07, 6.45) is 0. The lowest BCUT2D eigenvalue weighted by Crippen LogP contribution is -2.74. The van der Waals surface area contributed by atoms with Crippen LogP contribution in [0, 0.1) is 0 Å². The van der Waals surface area contributed by atoms with Crippen LogP contribution in [-0.4, -0.2) is 21.8 Å². The highest BCUT2D eigenvalue weighted by atomic mass is 32.1. The Morgan fingerprint density at radius 3 is 1.39 bits per heavy atom. The lowest BCUT2D eigenvalue weighted by Gasteiger charge is -2.35. The number of benzene rings is 11. The first-order chi connectivity index (χ1) is 35.3. The van der Waals surface area contributed by atoms with E-state index < -0.39 is 8.07 Å². The van der Waals surface area contributed by atoms with Crippen LogP contribution in [0.3, 0.4) is 0 Å². The molecular weight excluding hydrogens is 895 g/mol. The first-order valence-electron chi connectivity index (χ1n) is 24.4. The highest BCUT2D eigenvalue weighted by Crippen LogP contribution is 2.42. The van der Waals surface area contributed by atoms with Gasteiger partial charge in [0.1, 0.15) is 0 Å². The molecule has 4 aromatic heterocycles. The van der Waals surface area contributed by atoms with Crippen molar-refractivity contribution in [2.24, 2.45) is 0 Å². The van der Waals surface area contributed by atoms with Gasteiger partial charge in [0, 0.05) is 63.9 Å². The summed E-state index contributed by atoms with van der Waals surface area (Å²) >= 11 is 1.87. The first kappa shape index (κ1) is 40.2. The monoisotopic (exact) mass is 937 g/mol. The molecule has 0 N–H and O–H groups in total. The number of rotatable bonds is 7. The average Bonchev–Trinajstić information content (AvgIpc) is 4.19. The number of thiophene rings is 1. The van der Waals surface area contributed by atoms with E-state index in [1.165, 1.54) is 118 Å². The molecular formula is C66H43N3SSi. The normalized spacial score (nSPS) is 12.2. The van der Waals surface area contributed by atoms with Gasteiger partial charge in [0.25, 0.3) is 0 Å². The summed E-state index contributed by atoms with van der Waals surface area (Å²) in [6.45, 7) is 0. The van der Waals surface area contributed by atoms with Crippen molar-refractivity contribution in [3.05, 3.63) is 261 Å². The van der Waals surface area contributed by atoms with Crippen molar-refractivity contribution in [1.29, 1.82) is 0 Å². The van der Waals surface area contributed by atoms with Crippen LogP contribution in [-0.2, 0) is 0 Å². The fourth-order valence-electron chi connectivity index (χ4n) is 12.3. The topological polar surface area (TPSA) is 14.8 Å². The fraction of sp³-hybridized carbons (Fsp3) is 0. The molecule has 71 heavy (non-hydrogen) atoms. The molecule has 0 bridgehead atoms. The summed E-state index contributed by atoms with van der Waals surface area (Å²) in [6, 6.07) is 97.8. The molecule has 3 nitrogen and oxygen atoms in total. The van der Waals surface area contributed by atoms with E-state index in [9.17, 15) is 0 Å². The van der Waals surface area contributed by atoms with Gasteiger partial charge in [-0.1, -0.05) is 182 Å². The zero-order valence-corrected chi connectivity index (χ0v) is 40.4. The van der Waals surface area contributed by atoms with Crippen molar-refractivity contribution in [2.45, 2.75) is 0 Å². The molecule has 0 aliphatic rings. The van der Waals surface area contributed by atoms with Crippen LogP contribution in [0.25, 0.3) is 103 Å². The van der Waals surface area contributed by atoms with Crippen LogP contribution in [0.15, 0.2) is 261 Å². The second-order valence-electron chi connectivity index (χ2n) is 18.8. The van der Waals surface area contributed by atoms with Crippen LogP contribution in [0.2, 0.25) is 0 Å². The summed E-state index contributed by atoms with van der Waals surface area (Å²) in [5.41, 5.74) is 10.7. The Kier molecular flexibility index (Phi) is 8.85. The zero-order chi connectivity index (χ0) is 46.6. The van der Waals surface area contributed by atoms with Crippen LogP contribution >= 0.6 is 11.3 Å². The van der Waals surface area contributed by atoms with Crippen LogP contribution in [0.5, 0.6) is 0 Å². The predicted molar refractivity (Wildman–Crippen MR) is 306 cm³/mol. The number of para-hydroxylation sites is 4. The van der Waals surface area contributed by atoms with Gasteiger partial charge in [-0.05, 0) is 99.6 Å². The lowest BCUT2D eigenvalue weighted by molar-refractivity contribution is 1.17. The number of fused-ring (bicyclic) bond motifs is 12. The van der Waals surface area contributed by atoms with E-state index in [1.807, 2.05) is 11.3 Å². The molecule has 0 aliphatic heterocycles. The summed E-state index contributed by atoms with van der Waals surface area (Å²) in [4.78, 5) is 0. The SMILES string of the molecule is c1ccc([Si](c2ccccc2)(c2cccc(-n3c4ccccc4c4ccccc43)c2)c2cccc3c2c2ccccc2n3-c2cccc3c2c2ccccc2n3-c2ccc3sc4ccccc4c3c2)cc1. The Hall–Kier alpha value is -8.74. The van der Waals surface area contributed by atoms with Gasteiger partial charge in [-0.2, -0.15) is 0 Å². The second-order valence-corrected chi connectivity index (χ2v) is 23.6. The summed E-state index contributed by atoms with van der Waals surface area (Å²) in [5, 5.41) is 15.5. The van der Waals surface area contributed by atoms with Crippen molar-refractivity contribution in [3.63, 3.8) is 0 Å². The number of nitrogens with zero attached hydrogens (tertiary/aromatic N) is 3. The van der Waals surface area contributed by atoms with E-state index in [-0.39, 0.29) is 0 Å². The van der Waals surface area contributed by atoms with E-state index in [1.54, 1.807) is 0 Å². The van der Waals surface area contributed by atoms with Gasteiger partial charge in [-0.3, -0.25) is 0 Å². The molecule has 0 amide bonds. The third kappa shape index (κ3) is 5.76. The largest absolute Gasteiger partial charge is 0.309 e. The first-order valence-corrected chi connectivity index (χ1v) is 27.2. The van der Waals surface area contributed by atoms with Gasteiger partial charge >= 0.3 is 0 Å². The summed E-state index contributed by atoms with van der Waals surface area (Å²) in [7, 11) is -3.15. The van der Waals surface area contributed by atoms with Crippen molar-refractivity contribution in [3.8, 4) is 17.1 Å². The number of aromatic nitrogens is 3. The van der Waals surface area contributed by atoms with Crippen molar-refractivity contribution in [1.82, 2.24) is 13.7 Å². The molecule has 0 spiro atoms. The Morgan fingerprint density at radius 1 is 0.268 bits per heavy atom. The van der Waals surface area contributed by atoms with Crippen LogP contribution < -0.4 is 20.7 Å². The minimum absolute atomic E-state index is 1.16. The number of hydrogen-bond donors (Lipinski definition) is 0. The smallest absolute Gasteiger partial charge is 0.180 e. The molecule has 0 fully saturated rings. The Morgan fingerprint density at radius 2 is 0.718 bits per heavy atom. The van der Waals surface area contributed by atoms with Crippen molar-refractivity contribution < 1.29 is 0 Å². The molecule has 0 radical (unpaired) electrons. The predicted octanol–water partition coefficient (Wildman–Crippen LogP) is 14.7. The quantitative estimate of drug-likeness (QED) is 0.112. The van der Waals surface area contributed by atoms with Gasteiger partial charge in [0.2, 0.25) is 0 Å². The fourth-order valence-corrected chi connectivity index (χ4v) is 18.4. The third-order valence-electron chi connectivity index (χ3n) is 15.2. The molecule has 15 aromatic rings. The number of hydrogen-bond acceptors (Lipinski definition) is 1.